The fourth-order valence-electron chi connectivity index (χ4n) is 1.55. The molecule has 0 aliphatic carbocycles. The van der Waals surface area contributed by atoms with Crippen molar-refractivity contribution in [2.75, 3.05) is 13.2 Å². The summed E-state index contributed by atoms with van der Waals surface area (Å²) in [6, 6.07) is -0.117. The molecular weight excluding hydrogens is 218 g/mol. The van der Waals surface area contributed by atoms with Crippen molar-refractivity contribution >= 4 is 6.09 Å². The first-order chi connectivity index (χ1) is 7.90. The van der Waals surface area contributed by atoms with Gasteiger partial charge in [0.2, 0.25) is 0 Å². The molecule has 0 saturated heterocycles. The lowest BCUT2D eigenvalue weighted by atomic mass is 10.1. The molecule has 1 amide bonds. The Labute approximate surface area is 103 Å². The quantitative estimate of drug-likeness (QED) is 0.769. The highest BCUT2D eigenvalue weighted by molar-refractivity contribution is 5.68. The summed E-state index contributed by atoms with van der Waals surface area (Å²) in [5.74, 6) is 0. The van der Waals surface area contributed by atoms with Crippen LogP contribution in [0.2, 0.25) is 0 Å². The first-order valence-corrected chi connectivity index (χ1v) is 5.78. The third kappa shape index (κ3) is 5.54. The van der Waals surface area contributed by atoms with Crippen molar-refractivity contribution in [2.24, 2.45) is 0 Å². The van der Waals surface area contributed by atoms with E-state index < -0.39 is 11.7 Å². The van der Waals surface area contributed by atoms with Crippen LogP contribution in [0.15, 0.2) is 24.3 Å². The predicted molar refractivity (Wildman–Crippen MR) is 66.9 cm³/mol. The van der Waals surface area contributed by atoms with Gasteiger partial charge in [0.15, 0.2) is 0 Å². The lowest BCUT2D eigenvalue weighted by molar-refractivity contribution is 0.0465. The van der Waals surface area contributed by atoms with Crippen LogP contribution in [0.1, 0.15) is 27.2 Å². The molecule has 4 heteroatoms. The number of amides is 1. The number of alkyl carbamates (subject to hydrolysis) is 1. The topological polar surface area (TPSA) is 47.6 Å². The van der Waals surface area contributed by atoms with E-state index in [0.29, 0.717) is 13.2 Å². The van der Waals surface area contributed by atoms with Gasteiger partial charge < -0.3 is 14.8 Å². The zero-order valence-electron chi connectivity index (χ0n) is 10.8. The molecule has 0 aromatic carbocycles. The van der Waals surface area contributed by atoms with E-state index in [4.69, 9.17) is 9.47 Å². The number of ether oxygens (including phenoxy) is 2. The minimum Gasteiger partial charge on any atom is -0.444 e. The van der Waals surface area contributed by atoms with E-state index in [0.717, 1.165) is 12.0 Å². The van der Waals surface area contributed by atoms with Crippen molar-refractivity contribution in [1.82, 2.24) is 5.32 Å². The molecule has 1 atom stereocenters. The van der Waals surface area contributed by atoms with Crippen LogP contribution >= 0.6 is 0 Å². The number of carbonyl (C=O) groups excluding carboxylic acids is 1. The second kappa shape index (κ2) is 5.87. The predicted octanol–water partition coefficient (Wildman–Crippen LogP) is 2.41. The molecule has 0 spiro atoms. The van der Waals surface area contributed by atoms with Gasteiger partial charge in [-0.3, -0.25) is 0 Å². The molecule has 0 bridgehead atoms. The van der Waals surface area contributed by atoms with E-state index >= 15 is 0 Å². The van der Waals surface area contributed by atoms with Gasteiger partial charge in [0, 0.05) is 0 Å². The number of rotatable bonds is 3. The van der Waals surface area contributed by atoms with Crippen LogP contribution < -0.4 is 5.32 Å². The van der Waals surface area contributed by atoms with E-state index in [1.165, 1.54) is 0 Å². The zero-order valence-corrected chi connectivity index (χ0v) is 10.8. The minimum atomic E-state index is -0.479. The number of carbonyl (C=O) groups is 1. The van der Waals surface area contributed by atoms with Gasteiger partial charge in [-0.05, 0) is 32.8 Å². The van der Waals surface area contributed by atoms with Crippen LogP contribution in [0.3, 0.4) is 0 Å². The van der Waals surface area contributed by atoms with Gasteiger partial charge >= 0.3 is 6.09 Å². The van der Waals surface area contributed by atoms with Crippen molar-refractivity contribution in [3.05, 3.63) is 24.3 Å². The molecule has 0 aromatic heterocycles. The SMILES string of the molecule is C=CCC1=C[C@@H](NC(=O)OC(C)(C)C)COC1. The van der Waals surface area contributed by atoms with Crippen LogP contribution in [0, 0.1) is 0 Å². The molecule has 96 valence electrons. The molecular formula is C13H21NO3. The summed E-state index contributed by atoms with van der Waals surface area (Å²) in [4.78, 5) is 11.6. The summed E-state index contributed by atoms with van der Waals surface area (Å²) >= 11 is 0. The molecule has 1 N–H and O–H groups in total. The van der Waals surface area contributed by atoms with Crippen LogP contribution in [0.25, 0.3) is 0 Å². The van der Waals surface area contributed by atoms with Gasteiger partial charge in [0.05, 0.1) is 19.3 Å². The van der Waals surface area contributed by atoms with Gasteiger partial charge in [0.1, 0.15) is 5.60 Å². The van der Waals surface area contributed by atoms with Gasteiger partial charge in [0.25, 0.3) is 0 Å². The van der Waals surface area contributed by atoms with E-state index in [1.54, 1.807) is 0 Å². The van der Waals surface area contributed by atoms with Gasteiger partial charge in [-0.2, -0.15) is 0 Å². The maximum absolute atomic E-state index is 11.6. The van der Waals surface area contributed by atoms with E-state index in [1.807, 2.05) is 32.9 Å². The zero-order chi connectivity index (χ0) is 12.9. The molecule has 0 radical (unpaired) electrons. The Morgan fingerprint density at radius 1 is 1.71 bits per heavy atom. The Hall–Kier alpha value is -1.29. The number of hydrogen-bond donors (Lipinski definition) is 1. The standard InChI is InChI=1S/C13H21NO3/c1-5-6-10-7-11(9-16-8-10)14-12(15)17-13(2,3)4/h5,7,11H,1,6,8-9H2,2-4H3,(H,14,15)/t11-/m1/s1. The molecule has 1 aliphatic rings. The second-order valence-corrected chi connectivity index (χ2v) is 5.09. The van der Waals surface area contributed by atoms with Crippen molar-refractivity contribution in [3.8, 4) is 0 Å². The highest BCUT2D eigenvalue weighted by Crippen LogP contribution is 2.12. The molecule has 1 heterocycles. The summed E-state index contributed by atoms with van der Waals surface area (Å²) in [6.45, 7) is 10.3. The van der Waals surface area contributed by atoms with Crippen molar-refractivity contribution in [1.29, 1.82) is 0 Å². The van der Waals surface area contributed by atoms with Crippen LogP contribution in [-0.4, -0.2) is 30.9 Å². The van der Waals surface area contributed by atoms with Crippen molar-refractivity contribution < 1.29 is 14.3 Å². The highest BCUT2D eigenvalue weighted by atomic mass is 16.6. The maximum atomic E-state index is 11.6. The molecule has 0 fully saturated rings. The molecule has 0 unspecified atom stereocenters. The number of nitrogens with one attached hydrogen (secondary N) is 1. The summed E-state index contributed by atoms with van der Waals surface area (Å²) in [5.41, 5.74) is 0.653. The number of allylic oxidation sites excluding steroid dienone is 1. The monoisotopic (exact) mass is 239 g/mol. The third-order valence-electron chi connectivity index (χ3n) is 2.13. The Morgan fingerprint density at radius 3 is 3.00 bits per heavy atom. The summed E-state index contributed by atoms with van der Waals surface area (Å²) in [7, 11) is 0. The first kappa shape index (κ1) is 13.8. The van der Waals surface area contributed by atoms with Crippen LogP contribution in [-0.2, 0) is 9.47 Å². The summed E-state index contributed by atoms with van der Waals surface area (Å²) in [6.07, 6.45) is 4.20. The number of hydrogen-bond acceptors (Lipinski definition) is 3. The average molecular weight is 239 g/mol. The second-order valence-electron chi connectivity index (χ2n) is 5.09. The van der Waals surface area contributed by atoms with E-state index in [-0.39, 0.29) is 6.04 Å². The van der Waals surface area contributed by atoms with Gasteiger partial charge in [-0.15, -0.1) is 6.58 Å². The Bertz CT molecular complexity index is 315. The maximum Gasteiger partial charge on any atom is 0.408 e. The van der Waals surface area contributed by atoms with E-state index in [9.17, 15) is 4.79 Å². The van der Waals surface area contributed by atoms with Gasteiger partial charge in [-0.1, -0.05) is 12.2 Å². The molecule has 1 rings (SSSR count). The lowest BCUT2D eigenvalue weighted by Crippen LogP contribution is -2.42. The lowest BCUT2D eigenvalue weighted by Gasteiger charge is -2.25. The smallest absolute Gasteiger partial charge is 0.408 e. The molecule has 0 aromatic rings. The normalized spacial score (nSPS) is 20.4. The van der Waals surface area contributed by atoms with E-state index in [2.05, 4.69) is 11.9 Å². The van der Waals surface area contributed by atoms with Crippen molar-refractivity contribution in [3.63, 3.8) is 0 Å². The molecule has 17 heavy (non-hydrogen) atoms. The fraction of sp³-hybridized carbons (Fsp3) is 0.615. The molecule has 1 aliphatic heterocycles. The van der Waals surface area contributed by atoms with Crippen LogP contribution in [0.5, 0.6) is 0 Å². The third-order valence-corrected chi connectivity index (χ3v) is 2.13. The average Bonchev–Trinajstić information content (AvgIpc) is 2.15. The Balaban J connectivity index is 2.48. The van der Waals surface area contributed by atoms with Crippen LogP contribution in [0.4, 0.5) is 4.79 Å². The Morgan fingerprint density at radius 2 is 2.41 bits per heavy atom. The summed E-state index contributed by atoms with van der Waals surface area (Å²) in [5, 5.41) is 2.77. The molecule has 4 nitrogen and oxygen atoms in total. The summed E-state index contributed by atoms with van der Waals surface area (Å²) < 4.78 is 10.6. The Kier molecular flexibility index (Phi) is 4.75. The fourth-order valence-corrected chi connectivity index (χ4v) is 1.55. The van der Waals surface area contributed by atoms with Gasteiger partial charge in [-0.25, -0.2) is 4.79 Å². The first-order valence-electron chi connectivity index (χ1n) is 5.78. The minimum absolute atomic E-state index is 0.117. The largest absolute Gasteiger partial charge is 0.444 e. The molecule has 0 saturated carbocycles. The van der Waals surface area contributed by atoms with Crippen molar-refractivity contribution in [2.45, 2.75) is 38.8 Å². The highest BCUT2D eigenvalue weighted by Gasteiger charge is 2.20.